The van der Waals surface area contributed by atoms with E-state index >= 15 is 0 Å². The highest BCUT2D eigenvalue weighted by atomic mass is 16.5. The molecule has 6 nitrogen and oxygen atoms in total. The highest BCUT2D eigenvalue weighted by molar-refractivity contribution is 5.79. The van der Waals surface area contributed by atoms with Crippen molar-refractivity contribution < 1.29 is 9.53 Å². The van der Waals surface area contributed by atoms with Crippen LogP contribution < -0.4 is 11.2 Å². The number of piperazine rings is 1. The number of hydrogen-bond acceptors (Lipinski definition) is 5. The number of nitrogens with zero attached hydrogens (tertiary/aromatic N) is 2. The summed E-state index contributed by atoms with van der Waals surface area (Å²) in [6, 6.07) is -0.160. The summed E-state index contributed by atoms with van der Waals surface area (Å²) in [5.74, 6) is -0.200. The highest BCUT2D eigenvalue weighted by Crippen LogP contribution is 2.11. The minimum atomic E-state index is -0.195. The van der Waals surface area contributed by atoms with Crippen LogP contribution in [0.25, 0.3) is 0 Å². The van der Waals surface area contributed by atoms with Gasteiger partial charge in [0.1, 0.15) is 0 Å². The third-order valence-corrected chi connectivity index (χ3v) is 3.23. The lowest BCUT2D eigenvalue weighted by Gasteiger charge is -2.33. The molecule has 0 bridgehead atoms. The van der Waals surface area contributed by atoms with Crippen molar-refractivity contribution in [1.82, 2.24) is 15.3 Å². The first-order valence-corrected chi connectivity index (χ1v) is 5.74. The van der Waals surface area contributed by atoms with Gasteiger partial charge in [0.25, 0.3) is 0 Å². The van der Waals surface area contributed by atoms with Crippen molar-refractivity contribution in [3.8, 4) is 0 Å². The Morgan fingerprint density at radius 1 is 1.31 bits per heavy atom. The number of rotatable bonds is 2. The lowest BCUT2D eigenvalue weighted by atomic mass is 10.0. The number of nitrogens with one attached hydrogen (secondary N) is 1. The number of hydrazine groups is 1. The van der Waals surface area contributed by atoms with Gasteiger partial charge >= 0.3 is 0 Å². The van der Waals surface area contributed by atoms with Gasteiger partial charge in [-0.25, -0.2) is 5.01 Å². The maximum atomic E-state index is 11.9. The van der Waals surface area contributed by atoms with Crippen molar-refractivity contribution in [2.45, 2.75) is 6.04 Å². The summed E-state index contributed by atoms with van der Waals surface area (Å²) in [6.07, 6.45) is 0. The average Bonchev–Trinajstić information content (AvgIpc) is 2.68. The molecule has 2 atom stereocenters. The van der Waals surface area contributed by atoms with Gasteiger partial charge in [-0.15, -0.1) is 0 Å². The van der Waals surface area contributed by atoms with Crippen LogP contribution in [0.15, 0.2) is 0 Å². The number of likely N-dealkylation sites (N-methyl/N-ethyl adjacent to an activating group) is 1. The van der Waals surface area contributed by atoms with Crippen LogP contribution in [-0.2, 0) is 9.53 Å². The second kappa shape index (κ2) is 5.09. The van der Waals surface area contributed by atoms with Gasteiger partial charge in [0, 0.05) is 32.2 Å². The molecule has 0 aliphatic carbocycles. The Hall–Kier alpha value is -0.690. The molecule has 2 saturated heterocycles. The Morgan fingerprint density at radius 2 is 2.00 bits per heavy atom. The summed E-state index contributed by atoms with van der Waals surface area (Å²) in [6.45, 7) is 4.62. The topological polar surface area (TPSA) is 70.8 Å². The van der Waals surface area contributed by atoms with Crippen LogP contribution >= 0.6 is 0 Å². The SMILES string of the molecule is CN1CCN(NC(=O)C2COCC2N)CC1. The predicted octanol–water partition coefficient (Wildman–Crippen LogP) is -1.76. The Kier molecular flexibility index (Phi) is 3.75. The molecule has 0 aromatic heterocycles. The second-order valence-electron chi connectivity index (χ2n) is 4.57. The van der Waals surface area contributed by atoms with Gasteiger partial charge in [0.05, 0.1) is 19.1 Å². The molecule has 2 aliphatic heterocycles. The molecule has 16 heavy (non-hydrogen) atoms. The van der Waals surface area contributed by atoms with Crippen LogP contribution in [0.2, 0.25) is 0 Å². The Bertz CT molecular complexity index is 253. The molecule has 1 amide bonds. The summed E-state index contributed by atoms with van der Waals surface area (Å²) in [5, 5.41) is 1.97. The fraction of sp³-hybridized carbons (Fsp3) is 0.900. The molecule has 2 heterocycles. The zero-order valence-electron chi connectivity index (χ0n) is 9.69. The maximum absolute atomic E-state index is 11.9. The van der Waals surface area contributed by atoms with E-state index in [1.54, 1.807) is 0 Å². The van der Waals surface area contributed by atoms with Gasteiger partial charge in [-0.3, -0.25) is 10.2 Å². The maximum Gasteiger partial charge on any atom is 0.241 e. The van der Waals surface area contributed by atoms with Crippen molar-refractivity contribution in [2.75, 3.05) is 46.4 Å². The normalized spacial score (nSPS) is 32.9. The third-order valence-electron chi connectivity index (χ3n) is 3.23. The minimum absolute atomic E-state index is 0.00504. The first kappa shape index (κ1) is 11.8. The molecule has 3 N–H and O–H groups in total. The van der Waals surface area contributed by atoms with Gasteiger partial charge in [-0.05, 0) is 7.05 Å². The molecule has 0 saturated carbocycles. The Morgan fingerprint density at radius 3 is 2.56 bits per heavy atom. The number of carbonyl (C=O) groups is 1. The molecule has 2 rings (SSSR count). The minimum Gasteiger partial charge on any atom is -0.379 e. The zero-order valence-corrected chi connectivity index (χ0v) is 9.69. The molecule has 0 radical (unpaired) electrons. The predicted molar refractivity (Wildman–Crippen MR) is 59.5 cm³/mol. The summed E-state index contributed by atoms with van der Waals surface area (Å²) in [7, 11) is 2.08. The number of ether oxygens (including phenoxy) is 1. The molecular weight excluding hydrogens is 208 g/mol. The van der Waals surface area contributed by atoms with Crippen LogP contribution in [-0.4, -0.2) is 68.3 Å². The van der Waals surface area contributed by atoms with E-state index in [0.29, 0.717) is 13.2 Å². The van der Waals surface area contributed by atoms with E-state index in [1.165, 1.54) is 0 Å². The van der Waals surface area contributed by atoms with Crippen molar-refractivity contribution in [3.63, 3.8) is 0 Å². The van der Waals surface area contributed by atoms with Crippen LogP contribution in [0.4, 0.5) is 0 Å². The van der Waals surface area contributed by atoms with E-state index in [1.807, 2.05) is 5.01 Å². The monoisotopic (exact) mass is 228 g/mol. The van der Waals surface area contributed by atoms with Crippen LogP contribution in [0.3, 0.4) is 0 Å². The Labute approximate surface area is 95.7 Å². The molecule has 0 aromatic carbocycles. The number of amides is 1. The van der Waals surface area contributed by atoms with Crippen LogP contribution in [0, 0.1) is 5.92 Å². The van der Waals surface area contributed by atoms with Crippen molar-refractivity contribution in [3.05, 3.63) is 0 Å². The van der Waals surface area contributed by atoms with Crippen LogP contribution in [0.5, 0.6) is 0 Å². The van der Waals surface area contributed by atoms with Gasteiger partial charge in [0.15, 0.2) is 0 Å². The van der Waals surface area contributed by atoms with Gasteiger partial charge in [0.2, 0.25) is 5.91 Å². The molecule has 0 aromatic rings. The Balaban J connectivity index is 1.78. The molecule has 2 aliphatic rings. The van der Waals surface area contributed by atoms with Gasteiger partial charge in [-0.1, -0.05) is 0 Å². The van der Waals surface area contributed by atoms with E-state index in [4.69, 9.17) is 10.5 Å². The van der Waals surface area contributed by atoms with E-state index in [2.05, 4.69) is 17.4 Å². The smallest absolute Gasteiger partial charge is 0.241 e. The summed E-state index contributed by atoms with van der Waals surface area (Å²) in [5.41, 5.74) is 8.71. The third kappa shape index (κ3) is 2.70. The summed E-state index contributed by atoms with van der Waals surface area (Å²) < 4.78 is 5.18. The van der Waals surface area contributed by atoms with E-state index in [0.717, 1.165) is 26.2 Å². The standard InChI is InChI=1S/C10H20N4O2/c1-13-2-4-14(5-3-13)12-10(15)8-6-16-7-9(8)11/h8-9H,2-7,11H2,1H3,(H,12,15). The first-order valence-electron chi connectivity index (χ1n) is 5.74. The zero-order chi connectivity index (χ0) is 11.5. The second-order valence-corrected chi connectivity index (χ2v) is 4.57. The average molecular weight is 228 g/mol. The van der Waals surface area contributed by atoms with E-state index < -0.39 is 0 Å². The van der Waals surface area contributed by atoms with Gasteiger partial charge in [-0.2, -0.15) is 0 Å². The fourth-order valence-corrected chi connectivity index (χ4v) is 2.00. The van der Waals surface area contributed by atoms with Crippen molar-refractivity contribution in [2.24, 2.45) is 11.7 Å². The molecule has 2 unspecified atom stereocenters. The van der Waals surface area contributed by atoms with Crippen molar-refractivity contribution in [1.29, 1.82) is 0 Å². The molecule has 92 valence electrons. The largest absolute Gasteiger partial charge is 0.379 e. The number of nitrogens with two attached hydrogens (primary N) is 1. The first-order chi connectivity index (χ1) is 7.66. The lowest BCUT2D eigenvalue weighted by Crippen LogP contribution is -2.55. The lowest BCUT2D eigenvalue weighted by molar-refractivity contribution is -0.131. The fourth-order valence-electron chi connectivity index (χ4n) is 2.00. The van der Waals surface area contributed by atoms with E-state index in [9.17, 15) is 4.79 Å². The molecule has 6 heteroatoms. The molecule has 0 spiro atoms. The molecular formula is C10H20N4O2. The number of carbonyl (C=O) groups excluding carboxylic acids is 1. The van der Waals surface area contributed by atoms with Crippen LogP contribution in [0.1, 0.15) is 0 Å². The summed E-state index contributed by atoms with van der Waals surface area (Å²) >= 11 is 0. The van der Waals surface area contributed by atoms with E-state index in [-0.39, 0.29) is 17.9 Å². The van der Waals surface area contributed by atoms with Gasteiger partial charge < -0.3 is 15.4 Å². The quantitative estimate of drug-likeness (QED) is 0.586. The number of hydrogen-bond donors (Lipinski definition) is 2. The summed E-state index contributed by atoms with van der Waals surface area (Å²) in [4.78, 5) is 14.1. The van der Waals surface area contributed by atoms with Crippen molar-refractivity contribution >= 4 is 5.91 Å². The highest BCUT2D eigenvalue weighted by Gasteiger charge is 2.32. The molecule has 2 fully saturated rings.